The number of hydrogen-bond donors (Lipinski definition) is 3. The standard InChI is InChI=1S/C20H27N5O3S/c1-12(2)25(7-6-23-27)20(26)19-24-18-15-4-3-13(14(10-21)11-22)9-16(15)28-8-5-17(18)29-19/h3-4,9-10,12,19,24H,5-8,11,21-22H2,1-2H3/b14-10+. The normalized spacial score (nSPS) is 18.5. The number of thioether (sulfide) groups is 1. The average molecular weight is 418 g/mol. The van der Waals surface area contributed by atoms with Gasteiger partial charge in [-0.15, -0.1) is 0 Å². The van der Waals surface area contributed by atoms with E-state index in [1.54, 1.807) is 4.90 Å². The maximum absolute atomic E-state index is 13.1. The Bertz CT molecular complexity index is 853. The van der Waals surface area contributed by atoms with E-state index in [-0.39, 0.29) is 18.5 Å². The Balaban J connectivity index is 1.84. The van der Waals surface area contributed by atoms with Crippen molar-refractivity contribution in [2.24, 2.45) is 16.6 Å². The van der Waals surface area contributed by atoms with Gasteiger partial charge in [-0.05, 0) is 43.3 Å². The highest BCUT2D eigenvalue weighted by Gasteiger charge is 2.35. The van der Waals surface area contributed by atoms with E-state index in [2.05, 4.69) is 10.5 Å². The molecule has 5 N–H and O–H groups in total. The van der Waals surface area contributed by atoms with Crippen molar-refractivity contribution in [3.8, 4) is 5.75 Å². The number of benzene rings is 1. The molecule has 0 spiro atoms. The summed E-state index contributed by atoms with van der Waals surface area (Å²) in [7, 11) is 0. The van der Waals surface area contributed by atoms with Gasteiger partial charge in [0.05, 0.1) is 18.8 Å². The van der Waals surface area contributed by atoms with Gasteiger partial charge >= 0.3 is 0 Å². The van der Waals surface area contributed by atoms with Gasteiger partial charge in [-0.2, -0.15) is 4.91 Å². The lowest BCUT2D eigenvalue weighted by atomic mass is 10.0. The van der Waals surface area contributed by atoms with Crippen LogP contribution in [0.25, 0.3) is 11.3 Å². The van der Waals surface area contributed by atoms with Crippen LogP contribution in [-0.2, 0) is 4.79 Å². The molecule has 29 heavy (non-hydrogen) atoms. The Kier molecular flexibility index (Phi) is 6.81. The summed E-state index contributed by atoms with van der Waals surface area (Å²) in [6.45, 7) is 5.15. The third-order valence-electron chi connectivity index (χ3n) is 5.01. The molecular weight excluding hydrogens is 390 g/mol. The largest absolute Gasteiger partial charge is 0.492 e. The van der Waals surface area contributed by atoms with Crippen molar-refractivity contribution >= 4 is 28.9 Å². The molecule has 9 heteroatoms. The van der Waals surface area contributed by atoms with Crippen molar-refractivity contribution < 1.29 is 9.53 Å². The van der Waals surface area contributed by atoms with E-state index >= 15 is 0 Å². The summed E-state index contributed by atoms with van der Waals surface area (Å²) in [6.07, 6.45) is 2.23. The fourth-order valence-electron chi connectivity index (χ4n) is 3.47. The predicted molar refractivity (Wildman–Crippen MR) is 117 cm³/mol. The SMILES string of the molecule is CC(C)N(CCN=O)C(=O)C1NC2=C(CCOc3cc(/C(=C/N)CN)ccc32)S1. The number of rotatable bonds is 7. The van der Waals surface area contributed by atoms with Gasteiger partial charge in [-0.25, -0.2) is 0 Å². The molecule has 1 aromatic carbocycles. The van der Waals surface area contributed by atoms with Crippen LogP contribution in [0.5, 0.6) is 5.75 Å². The van der Waals surface area contributed by atoms with Crippen LogP contribution in [0.1, 0.15) is 31.4 Å². The number of nitrogens with one attached hydrogen (secondary N) is 1. The molecule has 2 heterocycles. The van der Waals surface area contributed by atoms with Crippen LogP contribution >= 0.6 is 11.8 Å². The second-order valence-electron chi connectivity index (χ2n) is 7.12. The zero-order valence-electron chi connectivity index (χ0n) is 16.7. The molecule has 0 aromatic heterocycles. The Morgan fingerprint density at radius 1 is 1.48 bits per heavy atom. The summed E-state index contributed by atoms with van der Waals surface area (Å²) < 4.78 is 5.95. The van der Waals surface area contributed by atoms with Gasteiger partial charge in [0.15, 0.2) is 5.37 Å². The van der Waals surface area contributed by atoms with Crippen LogP contribution in [0.15, 0.2) is 34.5 Å². The molecule has 0 radical (unpaired) electrons. The fraction of sp³-hybridized carbons (Fsp3) is 0.450. The molecule has 2 aliphatic rings. The summed E-state index contributed by atoms with van der Waals surface area (Å²) in [5.41, 5.74) is 15.0. The smallest absolute Gasteiger partial charge is 0.256 e. The number of fused-ring (bicyclic) bond motifs is 2. The monoisotopic (exact) mass is 417 g/mol. The highest BCUT2D eigenvalue weighted by molar-refractivity contribution is 8.04. The highest BCUT2D eigenvalue weighted by Crippen LogP contribution is 2.43. The first kappa shape index (κ1) is 21.2. The predicted octanol–water partition coefficient (Wildman–Crippen LogP) is 2.06. The number of carbonyl (C=O) groups is 1. The maximum Gasteiger partial charge on any atom is 0.256 e. The second kappa shape index (κ2) is 9.32. The second-order valence-corrected chi connectivity index (χ2v) is 8.32. The van der Waals surface area contributed by atoms with Gasteiger partial charge in [0.2, 0.25) is 0 Å². The van der Waals surface area contributed by atoms with Crippen molar-refractivity contribution in [1.82, 2.24) is 10.2 Å². The van der Waals surface area contributed by atoms with Gasteiger partial charge in [0, 0.05) is 36.0 Å². The molecule has 1 amide bonds. The van der Waals surface area contributed by atoms with E-state index < -0.39 is 5.37 Å². The molecule has 0 saturated heterocycles. The van der Waals surface area contributed by atoms with Crippen molar-refractivity contribution in [2.75, 3.05) is 26.2 Å². The van der Waals surface area contributed by atoms with Crippen molar-refractivity contribution in [1.29, 1.82) is 0 Å². The molecule has 156 valence electrons. The summed E-state index contributed by atoms with van der Waals surface area (Å²) in [5.74, 6) is 0.699. The van der Waals surface area contributed by atoms with Gasteiger partial charge in [0.1, 0.15) is 5.75 Å². The summed E-state index contributed by atoms with van der Waals surface area (Å²) in [6, 6.07) is 5.86. The number of nitrogens with zero attached hydrogens (tertiary/aromatic N) is 2. The Hall–Kier alpha value is -2.52. The quantitative estimate of drug-likeness (QED) is 0.580. The molecule has 1 aromatic rings. The summed E-state index contributed by atoms with van der Waals surface area (Å²) in [5, 5.41) is 5.85. The average Bonchev–Trinajstić information content (AvgIpc) is 3.05. The van der Waals surface area contributed by atoms with Crippen molar-refractivity contribution in [2.45, 2.75) is 31.7 Å². The lowest BCUT2D eigenvalue weighted by Crippen LogP contribution is -2.46. The summed E-state index contributed by atoms with van der Waals surface area (Å²) >= 11 is 1.52. The molecule has 2 aliphatic heterocycles. The number of nitroso groups, excluding NO2 is 1. The lowest BCUT2D eigenvalue weighted by molar-refractivity contribution is -0.132. The number of hydrogen-bond acceptors (Lipinski definition) is 8. The zero-order valence-corrected chi connectivity index (χ0v) is 17.5. The van der Waals surface area contributed by atoms with E-state index in [1.165, 1.54) is 18.0 Å². The van der Waals surface area contributed by atoms with Gasteiger partial charge < -0.3 is 26.4 Å². The van der Waals surface area contributed by atoms with Crippen molar-refractivity contribution in [3.63, 3.8) is 0 Å². The fourth-order valence-corrected chi connectivity index (χ4v) is 4.66. The van der Waals surface area contributed by atoms with Crippen molar-refractivity contribution in [3.05, 3.63) is 45.3 Å². The molecule has 0 bridgehead atoms. The minimum absolute atomic E-state index is 0.0111. The summed E-state index contributed by atoms with van der Waals surface area (Å²) in [4.78, 5) is 26.4. The molecule has 8 nitrogen and oxygen atoms in total. The lowest BCUT2D eigenvalue weighted by Gasteiger charge is -2.28. The first-order chi connectivity index (χ1) is 14.0. The van der Waals surface area contributed by atoms with Gasteiger partial charge in [-0.3, -0.25) is 4.79 Å². The number of carbonyl (C=O) groups excluding carboxylic acids is 1. The minimum Gasteiger partial charge on any atom is -0.492 e. The van der Waals surface area contributed by atoms with Crippen LogP contribution in [0, 0.1) is 4.91 Å². The third-order valence-corrected chi connectivity index (χ3v) is 6.25. The highest BCUT2D eigenvalue weighted by atomic mass is 32.2. The van der Waals surface area contributed by atoms with Gasteiger partial charge in [-0.1, -0.05) is 23.0 Å². The Morgan fingerprint density at radius 3 is 2.93 bits per heavy atom. The van der Waals surface area contributed by atoms with Crippen LogP contribution in [-0.4, -0.2) is 48.5 Å². The zero-order chi connectivity index (χ0) is 21.0. The molecule has 1 atom stereocenters. The third kappa shape index (κ3) is 4.40. The van der Waals surface area contributed by atoms with Crippen LogP contribution < -0.4 is 21.5 Å². The van der Waals surface area contributed by atoms with E-state index in [9.17, 15) is 9.70 Å². The maximum atomic E-state index is 13.1. The topological polar surface area (TPSA) is 123 Å². The van der Waals surface area contributed by atoms with Gasteiger partial charge in [0.25, 0.3) is 5.91 Å². The van der Waals surface area contributed by atoms with E-state index in [0.717, 1.165) is 39.5 Å². The Labute approximate surface area is 174 Å². The first-order valence-corrected chi connectivity index (χ1v) is 10.5. The van der Waals surface area contributed by atoms with E-state index in [4.69, 9.17) is 16.2 Å². The van der Waals surface area contributed by atoms with Crippen LogP contribution in [0.4, 0.5) is 0 Å². The van der Waals surface area contributed by atoms with Crippen LogP contribution in [0.2, 0.25) is 0 Å². The molecular formula is C20H27N5O3S. The van der Waals surface area contributed by atoms with E-state index in [1.807, 2.05) is 32.0 Å². The van der Waals surface area contributed by atoms with Crippen LogP contribution in [0.3, 0.4) is 0 Å². The Morgan fingerprint density at radius 2 is 2.28 bits per heavy atom. The minimum atomic E-state index is -0.428. The van der Waals surface area contributed by atoms with E-state index in [0.29, 0.717) is 19.7 Å². The molecule has 0 fully saturated rings. The first-order valence-electron chi connectivity index (χ1n) is 9.64. The number of ether oxygens (including phenoxy) is 1. The number of amides is 1. The molecule has 0 aliphatic carbocycles. The molecule has 3 rings (SSSR count). The number of nitrogens with two attached hydrogens (primary N) is 2. The molecule has 1 unspecified atom stereocenters. The molecule has 0 saturated carbocycles.